The molecular weight excluding hydrogens is 388 g/mol. The minimum atomic E-state index is -0.264. The molecule has 1 saturated carbocycles. The Bertz CT molecular complexity index is 926. The summed E-state index contributed by atoms with van der Waals surface area (Å²) in [5.41, 5.74) is 3.08. The second-order valence-corrected chi connectivity index (χ2v) is 7.70. The highest BCUT2D eigenvalue weighted by atomic mass is 32.1. The summed E-state index contributed by atoms with van der Waals surface area (Å²) in [7, 11) is 0. The first kappa shape index (κ1) is 19.3. The third-order valence-corrected chi connectivity index (χ3v) is 5.33. The molecule has 9 heteroatoms. The van der Waals surface area contributed by atoms with Crippen LogP contribution in [0.4, 0.5) is 10.9 Å². The Morgan fingerprint density at radius 2 is 2.07 bits per heavy atom. The maximum Gasteiger partial charge on any atom is 0.259 e. The van der Waals surface area contributed by atoms with Gasteiger partial charge in [-0.3, -0.25) is 10.1 Å². The number of amides is 1. The van der Waals surface area contributed by atoms with Crippen molar-refractivity contribution in [2.24, 2.45) is 0 Å². The van der Waals surface area contributed by atoms with Gasteiger partial charge in [0.15, 0.2) is 0 Å². The summed E-state index contributed by atoms with van der Waals surface area (Å²) in [6, 6.07) is 7.40. The number of nitrogens with one attached hydrogen (secondary N) is 2. The Morgan fingerprint density at radius 3 is 2.83 bits per heavy atom. The molecule has 4 rings (SSSR count). The molecule has 0 aromatic carbocycles. The number of ether oxygens (including phenoxy) is 1. The smallest absolute Gasteiger partial charge is 0.259 e. The number of rotatable bonds is 7. The van der Waals surface area contributed by atoms with Crippen molar-refractivity contribution in [2.45, 2.75) is 44.8 Å². The van der Waals surface area contributed by atoms with Crippen LogP contribution in [-0.4, -0.2) is 32.2 Å². The van der Waals surface area contributed by atoms with Crippen LogP contribution in [0.1, 0.15) is 48.0 Å². The zero-order valence-corrected chi connectivity index (χ0v) is 16.7. The van der Waals surface area contributed by atoms with Crippen molar-refractivity contribution in [3.05, 3.63) is 53.3 Å². The van der Waals surface area contributed by atoms with E-state index in [1.54, 1.807) is 23.8 Å². The van der Waals surface area contributed by atoms with Crippen LogP contribution >= 0.6 is 11.3 Å². The van der Waals surface area contributed by atoms with Crippen molar-refractivity contribution in [3.8, 4) is 5.88 Å². The highest BCUT2D eigenvalue weighted by Crippen LogP contribution is 2.22. The average molecular weight is 411 g/mol. The number of nitrogens with zero attached hydrogens (tertiary/aromatic N) is 4. The lowest BCUT2D eigenvalue weighted by Gasteiger charge is -2.22. The fourth-order valence-corrected chi connectivity index (χ4v) is 3.64. The van der Waals surface area contributed by atoms with E-state index < -0.39 is 0 Å². The SMILES string of the molecule is O=C(Nc1nncs1)c1ccc(NCc2ccnc(OC3CCCCC3)c2)nc1. The van der Waals surface area contributed by atoms with E-state index >= 15 is 0 Å². The summed E-state index contributed by atoms with van der Waals surface area (Å²) < 4.78 is 6.03. The lowest BCUT2D eigenvalue weighted by atomic mass is 9.98. The number of aromatic nitrogens is 4. The van der Waals surface area contributed by atoms with E-state index in [2.05, 4.69) is 30.8 Å². The first-order valence-corrected chi connectivity index (χ1v) is 10.5. The fraction of sp³-hybridized carbons (Fsp3) is 0.350. The van der Waals surface area contributed by atoms with Gasteiger partial charge in [0.05, 0.1) is 5.56 Å². The molecule has 8 nitrogen and oxygen atoms in total. The molecule has 0 bridgehead atoms. The van der Waals surface area contributed by atoms with Gasteiger partial charge in [-0.05, 0) is 49.4 Å². The van der Waals surface area contributed by atoms with Crippen LogP contribution in [0.15, 0.2) is 42.2 Å². The van der Waals surface area contributed by atoms with Gasteiger partial charge in [-0.2, -0.15) is 0 Å². The molecule has 29 heavy (non-hydrogen) atoms. The minimum Gasteiger partial charge on any atom is -0.474 e. The molecule has 0 unspecified atom stereocenters. The van der Waals surface area contributed by atoms with Gasteiger partial charge in [0.25, 0.3) is 5.91 Å². The summed E-state index contributed by atoms with van der Waals surface area (Å²) in [4.78, 5) is 20.8. The molecule has 0 aliphatic heterocycles. The molecule has 3 heterocycles. The normalized spacial score (nSPS) is 14.3. The monoisotopic (exact) mass is 410 g/mol. The first-order valence-electron chi connectivity index (χ1n) is 9.65. The van der Waals surface area contributed by atoms with E-state index in [4.69, 9.17) is 4.74 Å². The molecular formula is C20H22N6O2S. The molecule has 3 aromatic rings. The van der Waals surface area contributed by atoms with Crippen molar-refractivity contribution in [1.82, 2.24) is 20.2 Å². The van der Waals surface area contributed by atoms with Gasteiger partial charge in [0.2, 0.25) is 11.0 Å². The number of carbonyl (C=O) groups is 1. The Hall–Kier alpha value is -3.07. The minimum absolute atomic E-state index is 0.264. The van der Waals surface area contributed by atoms with Gasteiger partial charge in [-0.25, -0.2) is 9.97 Å². The Balaban J connectivity index is 1.30. The van der Waals surface area contributed by atoms with Gasteiger partial charge in [0.1, 0.15) is 17.4 Å². The quantitative estimate of drug-likeness (QED) is 0.609. The highest BCUT2D eigenvalue weighted by molar-refractivity contribution is 7.13. The van der Waals surface area contributed by atoms with Crippen LogP contribution in [0.2, 0.25) is 0 Å². The van der Waals surface area contributed by atoms with Gasteiger partial charge in [0, 0.05) is 25.0 Å². The molecule has 1 amide bonds. The highest BCUT2D eigenvalue weighted by Gasteiger charge is 2.15. The van der Waals surface area contributed by atoms with Crippen LogP contribution in [-0.2, 0) is 6.54 Å². The Kier molecular flexibility index (Phi) is 6.25. The molecule has 3 aromatic heterocycles. The molecule has 2 N–H and O–H groups in total. The standard InChI is InChI=1S/C20H22N6O2S/c27-19(25-20-26-24-13-29-20)15-6-7-17(23-12-15)22-11-14-8-9-21-18(10-14)28-16-4-2-1-3-5-16/h6-10,12-13,16H,1-5,11H2,(H,22,23)(H,25,26,27). The molecule has 0 radical (unpaired) electrons. The van der Waals surface area contributed by atoms with Crippen molar-refractivity contribution in [1.29, 1.82) is 0 Å². The van der Waals surface area contributed by atoms with Gasteiger partial charge in [-0.15, -0.1) is 10.2 Å². The van der Waals surface area contributed by atoms with Crippen molar-refractivity contribution >= 4 is 28.2 Å². The van der Waals surface area contributed by atoms with Crippen LogP contribution in [0, 0.1) is 0 Å². The summed E-state index contributed by atoms with van der Waals surface area (Å²) in [5, 5.41) is 13.9. The average Bonchev–Trinajstić information content (AvgIpc) is 3.27. The number of anilines is 2. The summed E-state index contributed by atoms with van der Waals surface area (Å²) in [6.45, 7) is 0.590. The number of hydrogen-bond donors (Lipinski definition) is 2. The topological polar surface area (TPSA) is 102 Å². The van der Waals surface area contributed by atoms with E-state index in [0.717, 1.165) is 18.4 Å². The maximum absolute atomic E-state index is 12.2. The Labute approximate surface area is 172 Å². The van der Waals surface area contributed by atoms with Crippen molar-refractivity contribution in [3.63, 3.8) is 0 Å². The molecule has 1 aliphatic rings. The second-order valence-electron chi connectivity index (χ2n) is 6.86. The fourth-order valence-electron chi connectivity index (χ4n) is 3.20. The lowest BCUT2D eigenvalue weighted by molar-refractivity contribution is 0.102. The lowest BCUT2D eigenvalue weighted by Crippen LogP contribution is -2.20. The van der Waals surface area contributed by atoms with E-state index in [1.807, 2.05) is 12.1 Å². The van der Waals surface area contributed by atoms with E-state index in [0.29, 0.717) is 28.9 Å². The summed E-state index contributed by atoms with van der Waals surface area (Å²) in [6.07, 6.45) is 9.54. The van der Waals surface area contributed by atoms with Gasteiger partial charge >= 0.3 is 0 Å². The molecule has 0 spiro atoms. The second kappa shape index (κ2) is 9.42. The molecule has 1 fully saturated rings. The van der Waals surface area contributed by atoms with Crippen molar-refractivity contribution < 1.29 is 9.53 Å². The zero-order valence-electron chi connectivity index (χ0n) is 15.9. The van der Waals surface area contributed by atoms with Crippen LogP contribution in [0.25, 0.3) is 0 Å². The predicted molar refractivity (Wildman–Crippen MR) is 111 cm³/mol. The number of carbonyl (C=O) groups excluding carboxylic acids is 1. The first-order chi connectivity index (χ1) is 14.3. The predicted octanol–water partition coefficient (Wildman–Crippen LogP) is 3.90. The van der Waals surface area contributed by atoms with Gasteiger partial charge in [-0.1, -0.05) is 17.8 Å². The van der Waals surface area contributed by atoms with Crippen LogP contribution < -0.4 is 15.4 Å². The van der Waals surface area contributed by atoms with Gasteiger partial charge < -0.3 is 10.1 Å². The van der Waals surface area contributed by atoms with Crippen LogP contribution in [0.5, 0.6) is 5.88 Å². The largest absolute Gasteiger partial charge is 0.474 e. The summed E-state index contributed by atoms with van der Waals surface area (Å²) in [5.74, 6) is 1.09. The van der Waals surface area contributed by atoms with E-state index in [-0.39, 0.29) is 12.0 Å². The molecule has 1 aliphatic carbocycles. The molecule has 0 atom stereocenters. The molecule has 0 saturated heterocycles. The Morgan fingerprint density at radius 1 is 1.17 bits per heavy atom. The number of pyridine rings is 2. The number of hydrogen-bond acceptors (Lipinski definition) is 8. The summed E-state index contributed by atoms with van der Waals surface area (Å²) >= 11 is 1.26. The third kappa shape index (κ3) is 5.47. The van der Waals surface area contributed by atoms with Crippen molar-refractivity contribution in [2.75, 3.05) is 10.6 Å². The zero-order chi connectivity index (χ0) is 19.9. The van der Waals surface area contributed by atoms with Crippen LogP contribution in [0.3, 0.4) is 0 Å². The van der Waals surface area contributed by atoms with E-state index in [1.165, 1.54) is 36.8 Å². The molecule has 150 valence electrons. The third-order valence-electron chi connectivity index (χ3n) is 4.72. The van der Waals surface area contributed by atoms with E-state index in [9.17, 15) is 4.79 Å². The maximum atomic E-state index is 12.2.